The van der Waals surface area contributed by atoms with Crippen molar-refractivity contribution in [1.82, 2.24) is 14.7 Å². The SMILES string of the molecule is CCOC(=O)N1CCN(C(=O)CN(CCc2ccc(Cl)cc2)C(C)=O)CC1. The van der Waals surface area contributed by atoms with E-state index in [0.29, 0.717) is 50.8 Å². The average Bonchev–Trinajstić information content (AvgIpc) is 2.66. The first kappa shape index (κ1) is 21.0. The van der Waals surface area contributed by atoms with E-state index in [1.165, 1.54) is 6.92 Å². The lowest BCUT2D eigenvalue weighted by atomic mass is 10.1. The lowest BCUT2D eigenvalue weighted by Crippen LogP contribution is -2.53. The van der Waals surface area contributed by atoms with Crippen LogP contribution in [0, 0.1) is 0 Å². The number of piperazine rings is 1. The van der Waals surface area contributed by atoms with E-state index in [1.807, 2.05) is 24.3 Å². The summed E-state index contributed by atoms with van der Waals surface area (Å²) in [6.07, 6.45) is 0.304. The minimum Gasteiger partial charge on any atom is -0.450 e. The van der Waals surface area contributed by atoms with Gasteiger partial charge in [-0.05, 0) is 31.0 Å². The van der Waals surface area contributed by atoms with E-state index in [4.69, 9.17) is 16.3 Å². The summed E-state index contributed by atoms with van der Waals surface area (Å²) in [7, 11) is 0. The van der Waals surface area contributed by atoms with Crippen LogP contribution in [-0.2, 0) is 20.7 Å². The third-order valence-corrected chi connectivity index (χ3v) is 4.77. The predicted octanol–water partition coefficient (Wildman–Crippen LogP) is 2.03. The molecular formula is C19H26ClN3O4. The number of carbonyl (C=O) groups excluding carboxylic acids is 3. The number of ether oxygens (including phenoxy) is 1. The Morgan fingerprint density at radius 3 is 2.22 bits per heavy atom. The van der Waals surface area contributed by atoms with Gasteiger partial charge < -0.3 is 19.4 Å². The van der Waals surface area contributed by atoms with Gasteiger partial charge in [-0.3, -0.25) is 9.59 Å². The number of rotatable bonds is 6. The van der Waals surface area contributed by atoms with Crippen molar-refractivity contribution in [2.75, 3.05) is 45.9 Å². The minimum absolute atomic E-state index is 0.0440. The largest absolute Gasteiger partial charge is 0.450 e. The van der Waals surface area contributed by atoms with Crippen molar-refractivity contribution in [3.8, 4) is 0 Å². The molecule has 1 aliphatic rings. The van der Waals surface area contributed by atoms with Gasteiger partial charge in [0.15, 0.2) is 0 Å². The van der Waals surface area contributed by atoms with Crippen molar-refractivity contribution < 1.29 is 19.1 Å². The lowest BCUT2D eigenvalue weighted by molar-refractivity contribution is -0.140. The summed E-state index contributed by atoms with van der Waals surface area (Å²) in [6, 6.07) is 7.44. The molecular weight excluding hydrogens is 370 g/mol. The standard InChI is InChI=1S/C19H26ClN3O4/c1-3-27-19(26)22-12-10-21(11-13-22)18(25)14-23(15(2)24)9-8-16-4-6-17(20)7-5-16/h4-7H,3,8-14H2,1-2H3. The third-order valence-electron chi connectivity index (χ3n) is 4.51. The molecule has 1 aliphatic heterocycles. The van der Waals surface area contributed by atoms with E-state index in [1.54, 1.807) is 21.6 Å². The highest BCUT2D eigenvalue weighted by Gasteiger charge is 2.26. The fourth-order valence-electron chi connectivity index (χ4n) is 2.88. The number of carbonyl (C=O) groups is 3. The quantitative estimate of drug-likeness (QED) is 0.739. The van der Waals surface area contributed by atoms with Gasteiger partial charge in [0.2, 0.25) is 11.8 Å². The van der Waals surface area contributed by atoms with Gasteiger partial charge in [-0.1, -0.05) is 23.7 Å². The topological polar surface area (TPSA) is 70.2 Å². The van der Waals surface area contributed by atoms with Crippen molar-refractivity contribution >= 4 is 29.5 Å². The van der Waals surface area contributed by atoms with Crippen LogP contribution in [0.1, 0.15) is 19.4 Å². The van der Waals surface area contributed by atoms with Crippen LogP contribution in [0.4, 0.5) is 4.79 Å². The fraction of sp³-hybridized carbons (Fsp3) is 0.526. The average molecular weight is 396 g/mol. The first-order valence-electron chi connectivity index (χ1n) is 9.10. The maximum Gasteiger partial charge on any atom is 0.409 e. The molecule has 0 aliphatic carbocycles. The molecule has 0 bridgehead atoms. The van der Waals surface area contributed by atoms with Crippen LogP contribution < -0.4 is 0 Å². The summed E-state index contributed by atoms with van der Waals surface area (Å²) < 4.78 is 4.98. The van der Waals surface area contributed by atoms with Crippen molar-refractivity contribution in [3.63, 3.8) is 0 Å². The monoisotopic (exact) mass is 395 g/mol. The van der Waals surface area contributed by atoms with Gasteiger partial charge in [0, 0.05) is 44.7 Å². The van der Waals surface area contributed by atoms with Crippen molar-refractivity contribution in [2.24, 2.45) is 0 Å². The Hall–Kier alpha value is -2.28. The number of benzene rings is 1. The molecule has 0 unspecified atom stereocenters. The molecule has 1 aromatic rings. The molecule has 8 heteroatoms. The van der Waals surface area contributed by atoms with Gasteiger partial charge in [0.05, 0.1) is 13.2 Å². The molecule has 0 N–H and O–H groups in total. The summed E-state index contributed by atoms with van der Waals surface area (Å²) in [5.41, 5.74) is 1.06. The third kappa shape index (κ3) is 6.43. The molecule has 0 atom stereocenters. The number of hydrogen-bond donors (Lipinski definition) is 0. The van der Waals surface area contributed by atoms with Crippen LogP contribution in [0.2, 0.25) is 5.02 Å². The maximum atomic E-state index is 12.6. The van der Waals surface area contributed by atoms with Crippen molar-refractivity contribution in [1.29, 1.82) is 0 Å². The lowest BCUT2D eigenvalue weighted by Gasteiger charge is -2.35. The molecule has 2 rings (SSSR count). The van der Waals surface area contributed by atoms with Crippen molar-refractivity contribution in [3.05, 3.63) is 34.9 Å². The summed E-state index contributed by atoms with van der Waals surface area (Å²) in [5, 5.41) is 0.666. The predicted molar refractivity (Wildman–Crippen MR) is 103 cm³/mol. The Labute approximate surface area is 164 Å². The Morgan fingerprint density at radius 1 is 1.07 bits per heavy atom. The number of nitrogens with zero attached hydrogens (tertiary/aromatic N) is 3. The van der Waals surface area contributed by atoms with Gasteiger partial charge in [0.1, 0.15) is 0 Å². The normalized spacial score (nSPS) is 14.0. The molecule has 1 aromatic carbocycles. The van der Waals surface area contributed by atoms with Crippen LogP contribution in [0.5, 0.6) is 0 Å². The minimum atomic E-state index is -0.349. The van der Waals surface area contributed by atoms with Crippen LogP contribution in [0.25, 0.3) is 0 Å². The van der Waals surface area contributed by atoms with Gasteiger partial charge in [-0.15, -0.1) is 0 Å². The molecule has 0 radical (unpaired) electrons. The summed E-state index contributed by atoms with van der Waals surface area (Å²) >= 11 is 5.88. The first-order valence-corrected chi connectivity index (χ1v) is 9.48. The first-order chi connectivity index (χ1) is 12.9. The van der Waals surface area contributed by atoms with Gasteiger partial charge >= 0.3 is 6.09 Å². The van der Waals surface area contributed by atoms with Crippen LogP contribution in [-0.4, -0.2) is 78.5 Å². The van der Waals surface area contributed by atoms with Gasteiger partial charge in [-0.2, -0.15) is 0 Å². The molecule has 148 valence electrons. The second-order valence-corrected chi connectivity index (χ2v) is 6.82. The van der Waals surface area contributed by atoms with Crippen LogP contribution in [0.3, 0.4) is 0 Å². The van der Waals surface area contributed by atoms with E-state index in [0.717, 1.165) is 5.56 Å². The number of halogens is 1. The molecule has 0 spiro atoms. The van der Waals surface area contributed by atoms with Gasteiger partial charge in [-0.25, -0.2) is 4.79 Å². The Balaban J connectivity index is 1.83. The zero-order chi connectivity index (χ0) is 19.8. The van der Waals surface area contributed by atoms with E-state index in [9.17, 15) is 14.4 Å². The Kier molecular flexibility index (Phi) is 7.91. The summed E-state index contributed by atoms with van der Waals surface area (Å²) in [5.74, 6) is -0.243. The molecule has 0 saturated carbocycles. The smallest absolute Gasteiger partial charge is 0.409 e. The maximum absolute atomic E-state index is 12.6. The van der Waals surface area contributed by atoms with Crippen LogP contribution in [0.15, 0.2) is 24.3 Å². The second kappa shape index (κ2) is 10.2. The fourth-order valence-corrected chi connectivity index (χ4v) is 3.01. The van der Waals surface area contributed by atoms with Gasteiger partial charge in [0.25, 0.3) is 0 Å². The summed E-state index contributed by atoms with van der Waals surface area (Å²) in [6.45, 7) is 5.84. The van der Waals surface area contributed by atoms with Crippen LogP contribution >= 0.6 is 11.6 Å². The molecule has 27 heavy (non-hydrogen) atoms. The molecule has 1 heterocycles. The number of hydrogen-bond acceptors (Lipinski definition) is 4. The highest BCUT2D eigenvalue weighted by atomic mass is 35.5. The molecule has 3 amide bonds. The number of amides is 3. The van der Waals surface area contributed by atoms with E-state index in [-0.39, 0.29) is 24.5 Å². The summed E-state index contributed by atoms with van der Waals surface area (Å²) in [4.78, 5) is 41.0. The second-order valence-electron chi connectivity index (χ2n) is 6.38. The highest BCUT2D eigenvalue weighted by Crippen LogP contribution is 2.11. The molecule has 0 aromatic heterocycles. The highest BCUT2D eigenvalue weighted by molar-refractivity contribution is 6.30. The molecule has 1 saturated heterocycles. The van der Waals surface area contributed by atoms with E-state index in [2.05, 4.69) is 0 Å². The molecule has 1 fully saturated rings. The Morgan fingerprint density at radius 2 is 1.67 bits per heavy atom. The zero-order valence-electron chi connectivity index (χ0n) is 15.8. The molecule has 7 nitrogen and oxygen atoms in total. The van der Waals surface area contributed by atoms with E-state index < -0.39 is 0 Å². The zero-order valence-corrected chi connectivity index (χ0v) is 16.6. The Bertz CT molecular complexity index is 657. The van der Waals surface area contributed by atoms with Crippen molar-refractivity contribution in [2.45, 2.75) is 20.3 Å². The van der Waals surface area contributed by atoms with E-state index >= 15 is 0 Å².